The molecule has 0 unspecified atom stereocenters. The Labute approximate surface area is 93.3 Å². The molecule has 0 N–H and O–H groups in total. The molecule has 0 spiro atoms. The quantitative estimate of drug-likeness (QED) is 0.611. The van der Waals surface area contributed by atoms with E-state index >= 15 is 0 Å². The molecule has 0 aromatic heterocycles. The number of hydrogen-bond acceptors (Lipinski definition) is 1. The van der Waals surface area contributed by atoms with Gasteiger partial charge in [-0.2, -0.15) is 0 Å². The van der Waals surface area contributed by atoms with Crippen molar-refractivity contribution in [1.29, 1.82) is 0 Å². The van der Waals surface area contributed by atoms with Crippen molar-refractivity contribution in [1.82, 2.24) is 0 Å². The van der Waals surface area contributed by atoms with Crippen LogP contribution in [0.1, 0.15) is 34.6 Å². The van der Waals surface area contributed by atoms with E-state index < -0.39 is 0 Å². The predicted molar refractivity (Wildman–Crippen MR) is 68.1 cm³/mol. The molecule has 0 aliphatic heterocycles. The van der Waals surface area contributed by atoms with E-state index in [0.717, 1.165) is 5.71 Å². The van der Waals surface area contributed by atoms with Crippen LogP contribution in [0.4, 0.5) is 0 Å². The molecule has 0 atom stereocenters. The van der Waals surface area contributed by atoms with Crippen LogP contribution in [-0.4, -0.2) is 5.71 Å². The van der Waals surface area contributed by atoms with Crippen LogP contribution in [0.5, 0.6) is 0 Å². The van der Waals surface area contributed by atoms with Gasteiger partial charge in [0, 0.05) is 16.8 Å². The Balaban J connectivity index is 2.93. The third-order valence-electron chi connectivity index (χ3n) is 2.96. The zero-order valence-corrected chi connectivity index (χ0v) is 10.4. The highest BCUT2D eigenvalue weighted by molar-refractivity contribution is 5.92. The number of hydrogen-bond donors (Lipinski definition) is 0. The van der Waals surface area contributed by atoms with Crippen LogP contribution in [0.2, 0.25) is 0 Å². The normalized spacial score (nSPS) is 20.4. The van der Waals surface area contributed by atoms with Gasteiger partial charge in [-0.15, -0.1) is 0 Å². The maximum Gasteiger partial charge on any atom is 0.0421 e. The average Bonchev–Trinajstić information content (AvgIpc) is 2.61. The van der Waals surface area contributed by atoms with Crippen molar-refractivity contribution >= 4 is 5.71 Å². The van der Waals surface area contributed by atoms with Gasteiger partial charge in [-0.25, -0.2) is 0 Å². The van der Waals surface area contributed by atoms with Crippen LogP contribution in [0.15, 0.2) is 41.1 Å². The van der Waals surface area contributed by atoms with Crippen LogP contribution in [0.25, 0.3) is 0 Å². The highest BCUT2D eigenvalue weighted by atomic mass is 14.8. The van der Waals surface area contributed by atoms with Gasteiger partial charge in [0.1, 0.15) is 0 Å². The first-order valence-corrected chi connectivity index (χ1v) is 5.58. The number of aliphatic imine (C=N–C) groups is 1. The summed E-state index contributed by atoms with van der Waals surface area (Å²) in [7, 11) is 0. The molecule has 1 aliphatic carbocycles. The first-order chi connectivity index (χ1) is 6.99. The van der Waals surface area contributed by atoms with Gasteiger partial charge in [-0.3, -0.25) is 4.99 Å². The van der Waals surface area contributed by atoms with Crippen molar-refractivity contribution in [3.8, 4) is 0 Å². The van der Waals surface area contributed by atoms with E-state index in [0.29, 0.717) is 5.92 Å². The minimum Gasteiger partial charge on any atom is -0.261 e. The van der Waals surface area contributed by atoms with E-state index in [-0.39, 0.29) is 5.41 Å². The zero-order chi connectivity index (χ0) is 11.5. The van der Waals surface area contributed by atoms with Gasteiger partial charge in [-0.1, -0.05) is 44.2 Å². The second-order valence-electron chi connectivity index (χ2n) is 4.57. The Hall–Kier alpha value is -1.11. The lowest BCUT2D eigenvalue weighted by Gasteiger charge is -2.20. The maximum absolute atomic E-state index is 4.72. The third-order valence-corrected chi connectivity index (χ3v) is 2.96. The van der Waals surface area contributed by atoms with Crippen molar-refractivity contribution in [3.05, 3.63) is 36.1 Å². The van der Waals surface area contributed by atoms with Gasteiger partial charge < -0.3 is 0 Å². The molecule has 0 radical (unpaired) electrons. The number of allylic oxidation sites excluding steroid dienone is 6. The zero-order valence-electron chi connectivity index (χ0n) is 10.4. The molecule has 0 saturated heterocycles. The van der Waals surface area contributed by atoms with E-state index in [9.17, 15) is 0 Å². The number of nitrogens with zero attached hydrogens (tertiary/aromatic N) is 1. The minimum absolute atomic E-state index is 0.0170. The highest BCUT2D eigenvalue weighted by Gasteiger charge is 2.23. The van der Waals surface area contributed by atoms with Crippen molar-refractivity contribution in [2.24, 2.45) is 16.3 Å². The fraction of sp³-hybridized carbons (Fsp3) is 0.500. The summed E-state index contributed by atoms with van der Waals surface area (Å²) in [6.07, 6.45) is 10.7. The van der Waals surface area contributed by atoms with Gasteiger partial charge in [0.2, 0.25) is 0 Å². The van der Waals surface area contributed by atoms with Crippen molar-refractivity contribution in [2.75, 3.05) is 0 Å². The fourth-order valence-corrected chi connectivity index (χ4v) is 1.65. The maximum atomic E-state index is 4.72. The van der Waals surface area contributed by atoms with Gasteiger partial charge in [0.05, 0.1) is 0 Å². The average molecular weight is 203 g/mol. The summed E-state index contributed by atoms with van der Waals surface area (Å²) in [5.41, 5.74) is 2.35. The summed E-state index contributed by atoms with van der Waals surface area (Å²) in [5, 5.41) is 0. The van der Waals surface area contributed by atoms with E-state index in [1.165, 1.54) is 5.70 Å². The van der Waals surface area contributed by atoms with Gasteiger partial charge in [0.25, 0.3) is 0 Å². The standard InChI is InChI=1S/C14H21N/c1-6-13(11(2)3)15-12(4)14(5)9-7-8-10-14/h6-11H,1-5H3/b13-6-,15-12+. The number of rotatable bonds is 3. The fourth-order valence-electron chi connectivity index (χ4n) is 1.65. The molecule has 1 aliphatic rings. The molecule has 1 nitrogen and oxygen atoms in total. The molecule has 0 fully saturated rings. The Morgan fingerprint density at radius 1 is 1.27 bits per heavy atom. The molecule has 15 heavy (non-hydrogen) atoms. The first-order valence-electron chi connectivity index (χ1n) is 5.58. The van der Waals surface area contributed by atoms with E-state index in [1.54, 1.807) is 0 Å². The van der Waals surface area contributed by atoms with Gasteiger partial charge >= 0.3 is 0 Å². The van der Waals surface area contributed by atoms with E-state index in [2.05, 4.69) is 65.0 Å². The summed E-state index contributed by atoms with van der Waals surface area (Å²) in [4.78, 5) is 4.72. The highest BCUT2D eigenvalue weighted by Crippen LogP contribution is 2.28. The summed E-state index contributed by atoms with van der Waals surface area (Å²) >= 11 is 0. The molecule has 0 bridgehead atoms. The van der Waals surface area contributed by atoms with Crippen LogP contribution in [-0.2, 0) is 0 Å². The molecule has 0 aromatic rings. The van der Waals surface area contributed by atoms with Crippen LogP contribution in [0, 0.1) is 11.3 Å². The Morgan fingerprint density at radius 3 is 2.20 bits per heavy atom. The van der Waals surface area contributed by atoms with Gasteiger partial charge in [0.15, 0.2) is 0 Å². The lowest BCUT2D eigenvalue weighted by Crippen LogP contribution is -2.19. The van der Waals surface area contributed by atoms with Gasteiger partial charge in [-0.05, 0) is 26.7 Å². The van der Waals surface area contributed by atoms with Crippen LogP contribution < -0.4 is 0 Å². The van der Waals surface area contributed by atoms with Crippen molar-refractivity contribution in [3.63, 3.8) is 0 Å². The lowest BCUT2D eigenvalue weighted by molar-refractivity contribution is 0.733. The second kappa shape index (κ2) is 4.61. The smallest absolute Gasteiger partial charge is 0.0421 e. The molecule has 0 heterocycles. The molecule has 1 rings (SSSR count). The SMILES string of the molecule is C/C=C(\N=C(/C)C1(C)C=CC=C1)C(C)C. The van der Waals surface area contributed by atoms with Crippen molar-refractivity contribution in [2.45, 2.75) is 34.6 Å². The summed E-state index contributed by atoms with van der Waals surface area (Å²) < 4.78 is 0. The minimum atomic E-state index is 0.0170. The molecule has 0 amide bonds. The predicted octanol–water partition coefficient (Wildman–Crippen LogP) is 4.14. The topological polar surface area (TPSA) is 12.4 Å². The van der Waals surface area contributed by atoms with E-state index in [4.69, 9.17) is 4.99 Å². The molecule has 82 valence electrons. The first kappa shape index (κ1) is 12.0. The molecule has 1 heteroatoms. The second-order valence-corrected chi connectivity index (χ2v) is 4.57. The summed E-state index contributed by atoms with van der Waals surface area (Å²) in [6, 6.07) is 0. The molecule has 0 aromatic carbocycles. The van der Waals surface area contributed by atoms with Crippen molar-refractivity contribution < 1.29 is 0 Å². The van der Waals surface area contributed by atoms with E-state index in [1.807, 2.05) is 0 Å². The molecule has 0 saturated carbocycles. The van der Waals surface area contributed by atoms with Crippen LogP contribution in [0.3, 0.4) is 0 Å². The Bertz CT molecular complexity index is 328. The van der Waals surface area contributed by atoms with Crippen LogP contribution >= 0.6 is 0 Å². The Kier molecular flexibility index (Phi) is 3.67. The largest absolute Gasteiger partial charge is 0.261 e. The Morgan fingerprint density at radius 2 is 1.80 bits per heavy atom. The monoisotopic (exact) mass is 203 g/mol. The summed E-state index contributed by atoms with van der Waals surface area (Å²) in [6.45, 7) is 10.7. The third kappa shape index (κ3) is 2.68. The summed E-state index contributed by atoms with van der Waals surface area (Å²) in [5.74, 6) is 0.489. The molecular formula is C14H21N. The lowest BCUT2D eigenvalue weighted by atomic mass is 9.87. The molecular weight excluding hydrogens is 182 g/mol.